The standard InChI is InChI=1S/C27H35N5O11/c33-21(9-11-23(36)37)30-20(13-15-14-29-17-6-2-1-5-16(15)17)24(38)28-12-4-3-7-18(25(39)40)31-27(43)32-19(26(41)42)8-10-22(34)35/h1-2,5-6,14,18-20,29H,3-4,7-13H2,(H,28,38)(H,30,33)(H,34,35)(H,36,37)(H,39,40)(H,41,42)(H2,31,32,43)/t18-,19-,20+/m0/s1. The van der Waals surface area contributed by atoms with Crippen molar-refractivity contribution in [3.05, 3.63) is 36.0 Å². The molecule has 2 rings (SSSR count). The summed E-state index contributed by atoms with van der Waals surface area (Å²) in [7, 11) is 0. The molecule has 3 atom stereocenters. The third kappa shape index (κ3) is 12.1. The van der Waals surface area contributed by atoms with Gasteiger partial charge in [-0.3, -0.25) is 19.2 Å². The van der Waals surface area contributed by atoms with E-state index in [9.17, 15) is 38.7 Å². The van der Waals surface area contributed by atoms with Crippen LogP contribution in [0.25, 0.3) is 10.9 Å². The predicted octanol–water partition coefficient (Wildman–Crippen LogP) is 0.417. The zero-order chi connectivity index (χ0) is 31.9. The fraction of sp³-hybridized carbons (Fsp3) is 0.444. The van der Waals surface area contributed by atoms with Gasteiger partial charge in [-0.1, -0.05) is 18.2 Å². The number of urea groups is 1. The molecule has 0 bridgehead atoms. The van der Waals surface area contributed by atoms with Gasteiger partial charge in [0, 0.05) is 42.9 Å². The Bertz CT molecular complexity index is 1330. The fourth-order valence-corrected chi connectivity index (χ4v) is 4.17. The molecule has 16 heteroatoms. The minimum atomic E-state index is -1.53. The number of unbranched alkanes of at least 4 members (excludes halogenated alkanes) is 1. The minimum absolute atomic E-state index is 0.0593. The predicted molar refractivity (Wildman–Crippen MR) is 149 cm³/mol. The Morgan fingerprint density at radius 3 is 1.98 bits per heavy atom. The van der Waals surface area contributed by atoms with Crippen LogP contribution in [0.1, 0.15) is 50.5 Å². The molecule has 0 fully saturated rings. The SMILES string of the molecule is O=C(O)CCC(=O)N[C@H](Cc1c[nH]c2ccccc12)C(=O)NCCCC[C@H](NC(=O)N[C@@H](CCC(=O)O)C(=O)O)C(=O)O. The molecular formula is C27H35N5O11. The number of carbonyl (C=O) groups excluding carboxylic acids is 3. The molecule has 0 spiro atoms. The number of rotatable bonds is 19. The number of carboxylic acids is 4. The number of benzene rings is 1. The summed E-state index contributed by atoms with van der Waals surface area (Å²) in [5.41, 5.74) is 1.60. The minimum Gasteiger partial charge on any atom is -0.481 e. The van der Waals surface area contributed by atoms with Crippen molar-refractivity contribution in [2.45, 2.75) is 69.5 Å². The highest BCUT2D eigenvalue weighted by molar-refractivity contribution is 5.90. The Balaban J connectivity index is 1.90. The van der Waals surface area contributed by atoms with Gasteiger partial charge in [-0.05, 0) is 37.3 Å². The van der Waals surface area contributed by atoms with Crippen LogP contribution in [-0.2, 0) is 35.2 Å². The van der Waals surface area contributed by atoms with Gasteiger partial charge < -0.3 is 46.7 Å². The first-order chi connectivity index (χ1) is 20.4. The quantitative estimate of drug-likeness (QED) is 0.0990. The Morgan fingerprint density at radius 2 is 1.35 bits per heavy atom. The zero-order valence-electron chi connectivity index (χ0n) is 23.1. The lowest BCUT2D eigenvalue weighted by Gasteiger charge is -2.19. The second kappa shape index (κ2) is 17.0. The molecule has 2 aromatic rings. The number of hydrogen-bond acceptors (Lipinski definition) is 7. The highest BCUT2D eigenvalue weighted by Crippen LogP contribution is 2.19. The Morgan fingerprint density at radius 1 is 0.721 bits per heavy atom. The number of aromatic amines is 1. The van der Waals surface area contributed by atoms with Gasteiger partial charge in [0.2, 0.25) is 11.8 Å². The number of carboxylic acid groups (broad SMARTS) is 4. The number of nitrogens with one attached hydrogen (secondary N) is 5. The molecule has 16 nitrogen and oxygen atoms in total. The maximum Gasteiger partial charge on any atom is 0.326 e. The molecular weight excluding hydrogens is 570 g/mol. The van der Waals surface area contributed by atoms with E-state index in [4.69, 9.17) is 15.3 Å². The van der Waals surface area contributed by atoms with Gasteiger partial charge in [-0.25, -0.2) is 14.4 Å². The van der Waals surface area contributed by atoms with E-state index in [2.05, 4.69) is 20.9 Å². The average Bonchev–Trinajstić information content (AvgIpc) is 3.35. The highest BCUT2D eigenvalue weighted by Gasteiger charge is 2.25. The number of H-pyrrole nitrogens is 1. The molecule has 43 heavy (non-hydrogen) atoms. The van der Waals surface area contributed by atoms with Crippen LogP contribution in [-0.4, -0.2) is 91.8 Å². The van der Waals surface area contributed by atoms with E-state index in [0.29, 0.717) is 6.42 Å². The van der Waals surface area contributed by atoms with Crippen molar-refractivity contribution in [1.82, 2.24) is 26.3 Å². The second-order valence-corrected chi connectivity index (χ2v) is 9.70. The van der Waals surface area contributed by atoms with Crippen LogP contribution >= 0.6 is 0 Å². The van der Waals surface area contributed by atoms with Crippen molar-refractivity contribution in [1.29, 1.82) is 0 Å². The van der Waals surface area contributed by atoms with Gasteiger partial charge in [0.25, 0.3) is 0 Å². The van der Waals surface area contributed by atoms with Crippen molar-refractivity contribution in [3.8, 4) is 0 Å². The molecule has 0 aliphatic heterocycles. The van der Waals surface area contributed by atoms with Crippen LogP contribution in [0.15, 0.2) is 30.5 Å². The molecule has 0 radical (unpaired) electrons. The summed E-state index contributed by atoms with van der Waals surface area (Å²) in [5.74, 6) is -6.39. The number of amides is 4. The van der Waals surface area contributed by atoms with Crippen molar-refractivity contribution in [2.24, 2.45) is 0 Å². The van der Waals surface area contributed by atoms with Gasteiger partial charge in [0.1, 0.15) is 18.1 Å². The fourth-order valence-electron chi connectivity index (χ4n) is 4.17. The van der Waals surface area contributed by atoms with Gasteiger partial charge in [-0.15, -0.1) is 0 Å². The maximum absolute atomic E-state index is 13.0. The number of carbonyl (C=O) groups is 7. The lowest BCUT2D eigenvalue weighted by molar-refractivity contribution is -0.141. The van der Waals surface area contributed by atoms with Gasteiger partial charge in [-0.2, -0.15) is 0 Å². The summed E-state index contributed by atoms with van der Waals surface area (Å²) in [6.45, 7) is 0.100. The largest absolute Gasteiger partial charge is 0.481 e. The number of aliphatic carboxylic acids is 4. The maximum atomic E-state index is 13.0. The lowest BCUT2D eigenvalue weighted by atomic mass is 10.0. The molecule has 0 saturated carbocycles. The normalized spacial score (nSPS) is 12.8. The molecule has 4 amide bonds. The number of para-hydroxylation sites is 1. The Hall–Kier alpha value is -5.15. The third-order valence-electron chi connectivity index (χ3n) is 6.39. The van der Waals surface area contributed by atoms with Crippen LogP contribution in [0.4, 0.5) is 4.79 Å². The average molecular weight is 606 g/mol. The number of hydrogen-bond donors (Lipinski definition) is 9. The van der Waals surface area contributed by atoms with Gasteiger partial charge >= 0.3 is 29.9 Å². The van der Waals surface area contributed by atoms with Crippen molar-refractivity contribution in [2.75, 3.05) is 6.54 Å². The zero-order valence-corrected chi connectivity index (χ0v) is 23.1. The van der Waals surface area contributed by atoms with E-state index in [-0.39, 0.29) is 32.2 Å². The monoisotopic (exact) mass is 605 g/mol. The highest BCUT2D eigenvalue weighted by atomic mass is 16.4. The lowest BCUT2D eigenvalue weighted by Crippen LogP contribution is -2.51. The van der Waals surface area contributed by atoms with E-state index >= 15 is 0 Å². The molecule has 234 valence electrons. The van der Waals surface area contributed by atoms with Crippen molar-refractivity contribution >= 4 is 52.6 Å². The first-order valence-electron chi connectivity index (χ1n) is 13.5. The van der Waals surface area contributed by atoms with Crippen molar-refractivity contribution < 1.29 is 54.0 Å². The van der Waals surface area contributed by atoms with Crippen molar-refractivity contribution in [3.63, 3.8) is 0 Å². The van der Waals surface area contributed by atoms with Gasteiger partial charge in [0.05, 0.1) is 6.42 Å². The van der Waals surface area contributed by atoms with Crippen LogP contribution in [0.2, 0.25) is 0 Å². The topological polar surface area (TPSA) is 264 Å². The molecule has 9 N–H and O–H groups in total. The van der Waals surface area contributed by atoms with Crippen LogP contribution in [0.3, 0.4) is 0 Å². The molecule has 0 aliphatic rings. The molecule has 1 heterocycles. The Labute approximate surface area is 245 Å². The summed E-state index contributed by atoms with van der Waals surface area (Å²) in [5, 5.41) is 46.4. The van der Waals surface area contributed by atoms with E-state index < -0.39 is 79.1 Å². The molecule has 0 unspecified atom stereocenters. The van der Waals surface area contributed by atoms with E-state index in [1.54, 1.807) is 6.20 Å². The second-order valence-electron chi connectivity index (χ2n) is 9.70. The summed E-state index contributed by atoms with van der Waals surface area (Å²) in [4.78, 5) is 84.9. The molecule has 1 aromatic carbocycles. The Kier molecular flexibility index (Phi) is 13.4. The molecule has 0 saturated heterocycles. The smallest absolute Gasteiger partial charge is 0.326 e. The van der Waals surface area contributed by atoms with Gasteiger partial charge in [0.15, 0.2) is 0 Å². The first kappa shape index (κ1) is 34.1. The summed E-state index contributed by atoms with van der Waals surface area (Å²) < 4.78 is 0. The summed E-state index contributed by atoms with van der Waals surface area (Å²) in [6, 6.07) is 2.37. The third-order valence-corrected chi connectivity index (χ3v) is 6.39. The van der Waals surface area contributed by atoms with Crippen LogP contribution in [0, 0.1) is 0 Å². The summed E-state index contributed by atoms with van der Waals surface area (Å²) >= 11 is 0. The molecule has 1 aromatic heterocycles. The van der Waals surface area contributed by atoms with E-state index in [0.717, 1.165) is 16.5 Å². The van der Waals surface area contributed by atoms with Crippen LogP contribution < -0.4 is 21.3 Å². The first-order valence-corrected chi connectivity index (χ1v) is 13.5. The number of aromatic nitrogens is 1. The van der Waals surface area contributed by atoms with E-state index in [1.807, 2.05) is 29.6 Å². The summed E-state index contributed by atoms with van der Waals surface area (Å²) in [6.07, 6.45) is 0.694. The van der Waals surface area contributed by atoms with Crippen LogP contribution in [0.5, 0.6) is 0 Å². The van der Waals surface area contributed by atoms with E-state index in [1.165, 1.54) is 0 Å². The molecule has 0 aliphatic carbocycles. The number of fused-ring (bicyclic) bond motifs is 1.